The lowest BCUT2D eigenvalue weighted by atomic mass is 9.85. The third-order valence-electron chi connectivity index (χ3n) is 6.56. The predicted molar refractivity (Wildman–Crippen MR) is 112 cm³/mol. The lowest BCUT2D eigenvalue weighted by molar-refractivity contribution is -0.123. The molecule has 5 nitrogen and oxygen atoms in total. The minimum atomic E-state index is -0.688. The molecular formula is C25H23NO4. The minimum absolute atomic E-state index is 0.120. The van der Waals surface area contributed by atoms with E-state index in [1.165, 1.54) is 4.90 Å². The molecule has 0 unspecified atom stereocenters. The van der Waals surface area contributed by atoms with Gasteiger partial charge in [0, 0.05) is 11.6 Å². The number of fused-ring (bicyclic) bond motifs is 5. The van der Waals surface area contributed by atoms with E-state index in [1.807, 2.05) is 19.1 Å². The first-order valence-electron chi connectivity index (χ1n) is 10.4. The summed E-state index contributed by atoms with van der Waals surface area (Å²) in [7, 11) is 0. The fourth-order valence-electron chi connectivity index (χ4n) is 5.06. The van der Waals surface area contributed by atoms with Gasteiger partial charge in [0.05, 0.1) is 17.5 Å². The van der Waals surface area contributed by atoms with E-state index in [2.05, 4.69) is 12.2 Å². The molecular weight excluding hydrogens is 378 g/mol. The van der Waals surface area contributed by atoms with Crippen LogP contribution in [-0.4, -0.2) is 23.7 Å². The summed E-state index contributed by atoms with van der Waals surface area (Å²) in [5.41, 5.74) is 2.18. The van der Waals surface area contributed by atoms with Crippen molar-refractivity contribution in [2.45, 2.75) is 26.4 Å². The molecule has 2 amide bonds. The van der Waals surface area contributed by atoms with Gasteiger partial charge < -0.3 is 4.74 Å². The van der Waals surface area contributed by atoms with Gasteiger partial charge in [-0.2, -0.15) is 0 Å². The highest BCUT2D eigenvalue weighted by Gasteiger charge is 2.59. The number of Topliss-reactive ketones (excluding diaryl/α,β-unsaturated/α-hetero) is 1. The van der Waals surface area contributed by atoms with Crippen LogP contribution in [0.25, 0.3) is 0 Å². The van der Waals surface area contributed by atoms with Gasteiger partial charge in [0.15, 0.2) is 6.10 Å². The molecule has 1 saturated heterocycles. The maximum Gasteiger partial charge on any atom is 0.238 e. The topological polar surface area (TPSA) is 63.7 Å². The number of rotatable bonds is 5. The van der Waals surface area contributed by atoms with Crippen LogP contribution in [0.2, 0.25) is 0 Å². The lowest BCUT2D eigenvalue weighted by Gasteiger charge is -2.19. The molecule has 5 heteroatoms. The normalized spacial score (nSPS) is 27.5. The Morgan fingerprint density at radius 2 is 1.63 bits per heavy atom. The average Bonchev–Trinajstić information content (AvgIpc) is 3.42. The summed E-state index contributed by atoms with van der Waals surface area (Å²) in [5.74, 6) is -0.0324. The first kappa shape index (κ1) is 18.8. The molecule has 1 saturated carbocycles. The van der Waals surface area contributed by atoms with Crippen LogP contribution in [0.1, 0.15) is 29.3 Å². The highest BCUT2D eigenvalue weighted by atomic mass is 16.5. The Morgan fingerprint density at radius 1 is 1.00 bits per heavy atom. The van der Waals surface area contributed by atoms with Crippen molar-refractivity contribution in [2.24, 2.45) is 23.7 Å². The van der Waals surface area contributed by atoms with Crippen LogP contribution in [0.15, 0.2) is 60.7 Å². The molecule has 1 heterocycles. The number of amides is 2. The molecule has 2 bridgehead atoms. The number of allylic oxidation sites excluding steroid dienone is 2. The van der Waals surface area contributed by atoms with E-state index in [-0.39, 0.29) is 41.3 Å². The number of carbonyl (C=O) groups is 3. The second kappa shape index (κ2) is 6.94. The van der Waals surface area contributed by atoms with Crippen LogP contribution in [0, 0.1) is 30.6 Å². The molecule has 0 aromatic heterocycles. The van der Waals surface area contributed by atoms with Crippen LogP contribution < -0.4 is 9.64 Å². The van der Waals surface area contributed by atoms with E-state index in [4.69, 9.17) is 4.74 Å². The third kappa shape index (κ3) is 2.88. The molecule has 1 aliphatic heterocycles. The maximum atomic E-state index is 13.0. The quantitative estimate of drug-likeness (QED) is 0.432. The van der Waals surface area contributed by atoms with Crippen LogP contribution >= 0.6 is 0 Å². The summed E-state index contributed by atoms with van der Waals surface area (Å²) in [6.07, 6.45) is 4.38. The number of aryl methyl sites for hydroxylation is 1. The van der Waals surface area contributed by atoms with Gasteiger partial charge in [-0.3, -0.25) is 14.4 Å². The Balaban J connectivity index is 1.35. The van der Waals surface area contributed by atoms with Gasteiger partial charge >= 0.3 is 0 Å². The number of hydrogen-bond donors (Lipinski definition) is 0. The molecule has 2 aromatic rings. The van der Waals surface area contributed by atoms with Gasteiger partial charge in [-0.15, -0.1) is 0 Å². The van der Waals surface area contributed by atoms with Crippen molar-refractivity contribution >= 4 is 23.3 Å². The SMILES string of the molecule is Cc1ccc(C(=O)[C@H](C)Oc2cccc(N3C(=O)[C@@H]4[C@@H](C3=O)[C@H]3C=C[C@@H]4C3)c2)cc1. The third-order valence-corrected chi connectivity index (χ3v) is 6.56. The number of ketones is 1. The standard InChI is InChI=1S/C25H23NO4/c1-14-6-8-16(9-7-14)23(27)15(2)30-20-5-3-4-19(13-20)26-24(28)21-17-10-11-18(12-17)22(21)25(26)29/h3-11,13,15,17-18,21-22H,12H2,1-2H3/t15-,17-,18+,21-,22-/m0/s1. The molecule has 3 aliphatic rings. The van der Waals surface area contributed by atoms with Crippen molar-refractivity contribution in [1.29, 1.82) is 0 Å². The number of benzene rings is 2. The first-order chi connectivity index (χ1) is 14.4. The van der Waals surface area contributed by atoms with E-state index in [0.717, 1.165) is 12.0 Å². The zero-order valence-electron chi connectivity index (χ0n) is 16.9. The van der Waals surface area contributed by atoms with E-state index in [0.29, 0.717) is 17.0 Å². The minimum Gasteiger partial charge on any atom is -0.482 e. The second-order valence-corrected chi connectivity index (χ2v) is 8.50. The van der Waals surface area contributed by atoms with Crippen molar-refractivity contribution < 1.29 is 19.1 Å². The number of ether oxygens (including phenoxy) is 1. The molecule has 2 aromatic carbocycles. The van der Waals surface area contributed by atoms with Crippen LogP contribution in [0.5, 0.6) is 5.75 Å². The first-order valence-corrected chi connectivity index (χ1v) is 10.4. The molecule has 0 N–H and O–H groups in total. The fourth-order valence-corrected chi connectivity index (χ4v) is 5.06. The lowest BCUT2D eigenvalue weighted by Crippen LogP contribution is -2.33. The number of anilines is 1. The Hall–Kier alpha value is -3.21. The van der Waals surface area contributed by atoms with Crippen molar-refractivity contribution in [2.75, 3.05) is 4.90 Å². The predicted octanol–water partition coefficient (Wildman–Crippen LogP) is 3.96. The zero-order valence-corrected chi connectivity index (χ0v) is 16.9. The van der Waals surface area contributed by atoms with Crippen LogP contribution in [-0.2, 0) is 9.59 Å². The second-order valence-electron chi connectivity index (χ2n) is 8.50. The maximum absolute atomic E-state index is 13.0. The Bertz CT molecular complexity index is 1040. The summed E-state index contributed by atoms with van der Waals surface area (Å²) >= 11 is 0. The smallest absolute Gasteiger partial charge is 0.238 e. The Labute approximate surface area is 175 Å². The highest BCUT2D eigenvalue weighted by molar-refractivity contribution is 6.22. The highest BCUT2D eigenvalue weighted by Crippen LogP contribution is 2.53. The van der Waals surface area contributed by atoms with Crippen molar-refractivity contribution in [3.05, 3.63) is 71.8 Å². The van der Waals surface area contributed by atoms with Gasteiger partial charge in [-0.25, -0.2) is 4.90 Å². The molecule has 5 rings (SSSR count). The van der Waals surface area contributed by atoms with Crippen molar-refractivity contribution in [3.63, 3.8) is 0 Å². The van der Waals surface area contributed by atoms with Gasteiger partial charge in [-0.1, -0.05) is 48.0 Å². The summed E-state index contributed by atoms with van der Waals surface area (Å²) in [6, 6.07) is 14.3. The van der Waals surface area contributed by atoms with Gasteiger partial charge in [0.2, 0.25) is 17.6 Å². The molecule has 152 valence electrons. The summed E-state index contributed by atoms with van der Waals surface area (Å²) in [5, 5.41) is 0. The Morgan fingerprint density at radius 3 is 2.27 bits per heavy atom. The van der Waals surface area contributed by atoms with Crippen LogP contribution in [0.4, 0.5) is 5.69 Å². The molecule has 2 aliphatic carbocycles. The number of imide groups is 1. The van der Waals surface area contributed by atoms with Gasteiger partial charge in [0.25, 0.3) is 0 Å². The number of nitrogens with zero attached hydrogens (tertiary/aromatic N) is 1. The number of carbonyl (C=O) groups excluding carboxylic acids is 3. The van der Waals surface area contributed by atoms with Gasteiger partial charge in [-0.05, 0) is 44.2 Å². The van der Waals surface area contributed by atoms with Gasteiger partial charge in [0.1, 0.15) is 5.75 Å². The van der Waals surface area contributed by atoms with Crippen LogP contribution in [0.3, 0.4) is 0 Å². The Kier molecular flexibility index (Phi) is 4.35. The molecule has 0 radical (unpaired) electrons. The fraction of sp³-hybridized carbons (Fsp3) is 0.320. The summed E-state index contributed by atoms with van der Waals surface area (Å²) in [4.78, 5) is 40.0. The molecule has 30 heavy (non-hydrogen) atoms. The van der Waals surface area contributed by atoms with Crippen molar-refractivity contribution in [1.82, 2.24) is 0 Å². The van der Waals surface area contributed by atoms with E-state index in [1.54, 1.807) is 43.3 Å². The molecule has 2 fully saturated rings. The summed E-state index contributed by atoms with van der Waals surface area (Å²) < 4.78 is 5.87. The molecule has 5 atom stereocenters. The summed E-state index contributed by atoms with van der Waals surface area (Å²) in [6.45, 7) is 3.67. The largest absolute Gasteiger partial charge is 0.482 e. The number of hydrogen-bond acceptors (Lipinski definition) is 4. The van der Waals surface area contributed by atoms with E-state index < -0.39 is 6.10 Å². The average molecular weight is 401 g/mol. The van der Waals surface area contributed by atoms with E-state index in [9.17, 15) is 14.4 Å². The zero-order chi connectivity index (χ0) is 21.0. The monoisotopic (exact) mass is 401 g/mol. The molecule has 0 spiro atoms. The van der Waals surface area contributed by atoms with E-state index >= 15 is 0 Å². The van der Waals surface area contributed by atoms with Crippen molar-refractivity contribution in [3.8, 4) is 5.75 Å².